The first-order valence-corrected chi connectivity index (χ1v) is 8.32. The normalized spacial score (nSPS) is 20.5. The fraction of sp³-hybridized carbons (Fsp3) is 0.684. The first kappa shape index (κ1) is 16.4. The Kier molecular flexibility index (Phi) is 5.32. The van der Waals surface area contributed by atoms with Crippen molar-refractivity contribution in [1.82, 2.24) is 4.90 Å². The van der Waals surface area contributed by atoms with Gasteiger partial charge in [-0.25, -0.2) is 0 Å². The highest BCUT2D eigenvalue weighted by Crippen LogP contribution is 2.32. The minimum Gasteiger partial charge on any atom is -0.492 e. The number of aryl methyl sites for hydroxylation is 1. The van der Waals surface area contributed by atoms with Gasteiger partial charge in [0, 0.05) is 13.1 Å². The van der Waals surface area contributed by atoms with Crippen molar-refractivity contribution >= 4 is 0 Å². The number of ether oxygens (including phenoxy) is 1. The Morgan fingerprint density at radius 2 is 2.05 bits per heavy atom. The smallest absolute Gasteiger partial charge is 0.123 e. The topological polar surface area (TPSA) is 12.5 Å². The van der Waals surface area contributed by atoms with Crippen LogP contribution in [-0.2, 0) is 5.41 Å². The fourth-order valence-corrected chi connectivity index (χ4v) is 3.14. The van der Waals surface area contributed by atoms with E-state index in [-0.39, 0.29) is 5.41 Å². The van der Waals surface area contributed by atoms with E-state index < -0.39 is 0 Å². The van der Waals surface area contributed by atoms with Crippen LogP contribution in [0.15, 0.2) is 18.2 Å². The molecule has 0 saturated carbocycles. The van der Waals surface area contributed by atoms with Gasteiger partial charge in [0.1, 0.15) is 12.4 Å². The van der Waals surface area contributed by atoms with Crippen LogP contribution in [0.2, 0.25) is 0 Å². The second kappa shape index (κ2) is 6.83. The molecule has 1 aromatic carbocycles. The molecule has 0 N–H and O–H groups in total. The van der Waals surface area contributed by atoms with Gasteiger partial charge in [-0.05, 0) is 54.8 Å². The molecule has 2 nitrogen and oxygen atoms in total. The van der Waals surface area contributed by atoms with Gasteiger partial charge in [0.2, 0.25) is 0 Å². The Balaban J connectivity index is 1.95. The minimum atomic E-state index is 0.128. The molecule has 0 aliphatic carbocycles. The molecule has 2 heteroatoms. The van der Waals surface area contributed by atoms with Crippen LogP contribution in [0.3, 0.4) is 0 Å². The molecule has 0 radical (unpaired) electrons. The highest BCUT2D eigenvalue weighted by atomic mass is 16.5. The summed E-state index contributed by atoms with van der Waals surface area (Å²) in [4.78, 5) is 2.54. The third-order valence-corrected chi connectivity index (χ3v) is 4.35. The van der Waals surface area contributed by atoms with Crippen LogP contribution < -0.4 is 4.74 Å². The molecular formula is C19H31NO. The SMILES string of the molecule is Cc1ccc(C(C)(C)C)c(OCCN2CCCC(C)C2)c1. The van der Waals surface area contributed by atoms with Crippen molar-refractivity contribution in [3.63, 3.8) is 0 Å². The lowest BCUT2D eigenvalue weighted by Gasteiger charge is -2.31. The summed E-state index contributed by atoms with van der Waals surface area (Å²) in [5, 5.41) is 0. The molecule has 1 heterocycles. The number of hydrogen-bond acceptors (Lipinski definition) is 2. The summed E-state index contributed by atoms with van der Waals surface area (Å²) in [6.07, 6.45) is 2.71. The van der Waals surface area contributed by atoms with Gasteiger partial charge in [-0.15, -0.1) is 0 Å². The predicted molar refractivity (Wildman–Crippen MR) is 90.2 cm³/mol. The summed E-state index contributed by atoms with van der Waals surface area (Å²) in [5.74, 6) is 1.90. The molecule has 1 unspecified atom stereocenters. The molecule has 0 bridgehead atoms. The Morgan fingerprint density at radius 1 is 1.29 bits per heavy atom. The summed E-state index contributed by atoms with van der Waals surface area (Å²) >= 11 is 0. The predicted octanol–water partition coefficient (Wildman–Crippen LogP) is 4.40. The van der Waals surface area contributed by atoms with Crippen LogP contribution in [0, 0.1) is 12.8 Å². The van der Waals surface area contributed by atoms with Crippen molar-refractivity contribution in [1.29, 1.82) is 0 Å². The molecule has 0 aromatic heterocycles. The Morgan fingerprint density at radius 3 is 2.71 bits per heavy atom. The largest absolute Gasteiger partial charge is 0.492 e. The van der Waals surface area contributed by atoms with Crippen LogP contribution in [0.25, 0.3) is 0 Å². The maximum absolute atomic E-state index is 6.14. The molecule has 1 aromatic rings. The van der Waals surface area contributed by atoms with Crippen LogP contribution in [0.1, 0.15) is 51.7 Å². The van der Waals surface area contributed by atoms with Crippen LogP contribution in [0.5, 0.6) is 5.75 Å². The van der Waals surface area contributed by atoms with Crippen molar-refractivity contribution in [2.45, 2.75) is 52.9 Å². The molecule has 1 atom stereocenters. The van der Waals surface area contributed by atoms with Crippen LogP contribution in [0.4, 0.5) is 0 Å². The van der Waals surface area contributed by atoms with E-state index in [9.17, 15) is 0 Å². The van der Waals surface area contributed by atoms with E-state index in [2.05, 4.69) is 57.7 Å². The monoisotopic (exact) mass is 289 g/mol. The van der Waals surface area contributed by atoms with Gasteiger partial charge in [-0.3, -0.25) is 4.90 Å². The second-order valence-electron chi connectivity index (χ2n) is 7.65. The van der Waals surface area contributed by atoms with Gasteiger partial charge in [0.25, 0.3) is 0 Å². The molecule has 0 spiro atoms. The zero-order valence-corrected chi connectivity index (χ0v) is 14.4. The summed E-state index contributed by atoms with van der Waals surface area (Å²) in [6.45, 7) is 15.5. The van der Waals surface area contributed by atoms with E-state index in [0.717, 1.165) is 24.8 Å². The summed E-state index contributed by atoms with van der Waals surface area (Å²) in [5.41, 5.74) is 2.70. The fourth-order valence-electron chi connectivity index (χ4n) is 3.14. The lowest BCUT2D eigenvalue weighted by molar-refractivity contribution is 0.153. The van der Waals surface area contributed by atoms with Gasteiger partial charge in [0.05, 0.1) is 0 Å². The second-order valence-corrected chi connectivity index (χ2v) is 7.65. The maximum Gasteiger partial charge on any atom is 0.123 e. The van der Waals surface area contributed by atoms with E-state index >= 15 is 0 Å². The van der Waals surface area contributed by atoms with Crippen LogP contribution in [-0.4, -0.2) is 31.1 Å². The van der Waals surface area contributed by atoms with E-state index in [4.69, 9.17) is 4.74 Å². The molecule has 1 aliphatic heterocycles. The van der Waals surface area contributed by atoms with Crippen molar-refractivity contribution in [3.05, 3.63) is 29.3 Å². The summed E-state index contributed by atoms with van der Waals surface area (Å²) in [6, 6.07) is 6.58. The number of rotatable bonds is 4. The van der Waals surface area contributed by atoms with Crippen molar-refractivity contribution in [2.75, 3.05) is 26.2 Å². The number of piperidine rings is 1. The Bertz CT molecular complexity index is 461. The quantitative estimate of drug-likeness (QED) is 0.814. The summed E-state index contributed by atoms with van der Waals surface area (Å²) < 4.78 is 6.14. The van der Waals surface area contributed by atoms with Crippen molar-refractivity contribution in [2.24, 2.45) is 5.92 Å². The zero-order valence-electron chi connectivity index (χ0n) is 14.4. The van der Waals surface area contributed by atoms with Gasteiger partial charge >= 0.3 is 0 Å². The Labute approximate surface area is 130 Å². The minimum absolute atomic E-state index is 0.128. The van der Waals surface area contributed by atoms with Gasteiger partial charge in [-0.2, -0.15) is 0 Å². The number of likely N-dealkylation sites (tertiary alicyclic amines) is 1. The molecule has 0 amide bonds. The molecule has 1 fully saturated rings. The summed E-state index contributed by atoms with van der Waals surface area (Å²) in [7, 11) is 0. The number of benzene rings is 1. The van der Waals surface area contributed by atoms with E-state index in [1.165, 1.54) is 37.1 Å². The molecule has 118 valence electrons. The number of hydrogen-bond donors (Lipinski definition) is 0. The van der Waals surface area contributed by atoms with E-state index in [1.54, 1.807) is 0 Å². The number of nitrogens with zero attached hydrogens (tertiary/aromatic N) is 1. The molecule has 1 aliphatic rings. The highest BCUT2D eigenvalue weighted by Gasteiger charge is 2.20. The van der Waals surface area contributed by atoms with Gasteiger partial charge in [-0.1, -0.05) is 39.8 Å². The van der Waals surface area contributed by atoms with Crippen molar-refractivity contribution in [3.8, 4) is 5.75 Å². The molecule has 21 heavy (non-hydrogen) atoms. The van der Waals surface area contributed by atoms with Crippen molar-refractivity contribution < 1.29 is 4.74 Å². The van der Waals surface area contributed by atoms with E-state index in [0.29, 0.717) is 0 Å². The average molecular weight is 289 g/mol. The lowest BCUT2D eigenvalue weighted by Crippen LogP contribution is -2.37. The van der Waals surface area contributed by atoms with Gasteiger partial charge < -0.3 is 4.74 Å². The van der Waals surface area contributed by atoms with Crippen LogP contribution >= 0.6 is 0 Å². The lowest BCUT2D eigenvalue weighted by atomic mass is 9.86. The molecule has 2 rings (SSSR count). The third kappa shape index (κ3) is 4.74. The standard InChI is InChI=1S/C19H31NO/c1-15-8-9-17(19(3,4)5)18(13-15)21-12-11-20-10-6-7-16(2)14-20/h8-9,13,16H,6-7,10-12,14H2,1-5H3. The first-order valence-electron chi connectivity index (χ1n) is 8.32. The average Bonchev–Trinajstić information content (AvgIpc) is 2.37. The first-order chi connectivity index (χ1) is 9.86. The maximum atomic E-state index is 6.14. The third-order valence-electron chi connectivity index (χ3n) is 4.35. The molecular weight excluding hydrogens is 258 g/mol. The highest BCUT2D eigenvalue weighted by molar-refractivity contribution is 5.41. The van der Waals surface area contributed by atoms with Gasteiger partial charge in [0.15, 0.2) is 0 Å². The molecule has 1 saturated heterocycles. The zero-order chi connectivity index (χ0) is 15.5. The van der Waals surface area contributed by atoms with E-state index in [1.807, 2.05) is 0 Å². The Hall–Kier alpha value is -1.02.